The molecule has 1 amide bonds. The standard InChI is InChI=1S/C23H20N6O2/c24-18-5-1-2-6-20(18)28-21(30)16-9-7-15(8-10-16)14-27-23-26-13-11-19(29-23)17-4-3-12-25-22(17)31/h1-13H,14,24H2,(H,25,31)(H,28,30)(H,26,27,29). The zero-order chi connectivity index (χ0) is 21.6. The molecule has 0 radical (unpaired) electrons. The molecule has 2 aromatic heterocycles. The maximum Gasteiger partial charge on any atom is 0.257 e. The molecule has 0 unspecified atom stereocenters. The van der Waals surface area contributed by atoms with Gasteiger partial charge in [0.05, 0.1) is 22.6 Å². The molecule has 0 aliphatic carbocycles. The van der Waals surface area contributed by atoms with Crippen molar-refractivity contribution >= 4 is 23.2 Å². The summed E-state index contributed by atoms with van der Waals surface area (Å²) in [5.41, 5.74) is 9.22. The van der Waals surface area contributed by atoms with Crippen LogP contribution in [-0.4, -0.2) is 20.9 Å². The van der Waals surface area contributed by atoms with Crippen LogP contribution in [-0.2, 0) is 6.54 Å². The van der Waals surface area contributed by atoms with Gasteiger partial charge >= 0.3 is 0 Å². The van der Waals surface area contributed by atoms with Crippen LogP contribution in [0.2, 0.25) is 0 Å². The molecule has 0 saturated carbocycles. The van der Waals surface area contributed by atoms with Crippen molar-refractivity contribution in [1.29, 1.82) is 0 Å². The van der Waals surface area contributed by atoms with Gasteiger partial charge in [0.15, 0.2) is 0 Å². The number of aromatic nitrogens is 3. The number of para-hydroxylation sites is 2. The fourth-order valence-electron chi connectivity index (χ4n) is 2.98. The lowest BCUT2D eigenvalue weighted by molar-refractivity contribution is 0.102. The molecule has 154 valence electrons. The van der Waals surface area contributed by atoms with Crippen molar-refractivity contribution in [1.82, 2.24) is 15.0 Å². The Morgan fingerprint density at radius 1 is 1.00 bits per heavy atom. The first-order valence-corrected chi connectivity index (χ1v) is 9.60. The van der Waals surface area contributed by atoms with E-state index in [9.17, 15) is 9.59 Å². The number of nitrogens with zero attached hydrogens (tertiary/aromatic N) is 2. The van der Waals surface area contributed by atoms with Gasteiger partial charge in [-0.1, -0.05) is 24.3 Å². The first-order chi connectivity index (χ1) is 15.1. The number of hydrogen-bond donors (Lipinski definition) is 4. The van der Waals surface area contributed by atoms with Crippen molar-refractivity contribution in [3.8, 4) is 11.3 Å². The first-order valence-electron chi connectivity index (χ1n) is 9.60. The molecule has 0 atom stereocenters. The first kappa shape index (κ1) is 19.8. The fraction of sp³-hybridized carbons (Fsp3) is 0.0435. The lowest BCUT2D eigenvalue weighted by Gasteiger charge is -2.09. The molecule has 8 heteroatoms. The predicted molar refractivity (Wildman–Crippen MR) is 121 cm³/mol. The highest BCUT2D eigenvalue weighted by molar-refractivity contribution is 6.05. The van der Waals surface area contributed by atoms with Gasteiger partial charge < -0.3 is 21.4 Å². The third kappa shape index (κ3) is 4.76. The summed E-state index contributed by atoms with van der Waals surface area (Å²) in [6.45, 7) is 0.460. The number of rotatable bonds is 6. The van der Waals surface area contributed by atoms with Crippen LogP contribution in [0.5, 0.6) is 0 Å². The number of anilines is 3. The van der Waals surface area contributed by atoms with Crippen molar-refractivity contribution in [3.05, 3.63) is 101 Å². The number of carbonyl (C=O) groups excluding carboxylic acids is 1. The van der Waals surface area contributed by atoms with E-state index in [0.29, 0.717) is 40.7 Å². The van der Waals surface area contributed by atoms with Crippen molar-refractivity contribution in [2.45, 2.75) is 6.54 Å². The van der Waals surface area contributed by atoms with E-state index < -0.39 is 0 Å². The Morgan fingerprint density at radius 2 is 1.81 bits per heavy atom. The largest absolute Gasteiger partial charge is 0.397 e. The average Bonchev–Trinajstić information content (AvgIpc) is 2.80. The third-order valence-corrected chi connectivity index (χ3v) is 4.63. The molecule has 0 bridgehead atoms. The normalized spacial score (nSPS) is 10.5. The molecule has 2 aromatic carbocycles. The number of nitrogens with two attached hydrogens (primary N) is 1. The van der Waals surface area contributed by atoms with Crippen molar-refractivity contribution in [2.75, 3.05) is 16.4 Å². The van der Waals surface area contributed by atoms with Gasteiger partial charge in [-0.2, -0.15) is 0 Å². The molecule has 0 aliphatic heterocycles. The van der Waals surface area contributed by atoms with Crippen molar-refractivity contribution in [2.24, 2.45) is 0 Å². The maximum atomic E-state index is 12.4. The summed E-state index contributed by atoms with van der Waals surface area (Å²) in [4.78, 5) is 35.6. The van der Waals surface area contributed by atoms with Crippen molar-refractivity contribution < 1.29 is 4.79 Å². The van der Waals surface area contributed by atoms with Crippen LogP contribution >= 0.6 is 0 Å². The third-order valence-electron chi connectivity index (χ3n) is 4.63. The van der Waals surface area contributed by atoms with Crippen molar-refractivity contribution in [3.63, 3.8) is 0 Å². The van der Waals surface area contributed by atoms with E-state index >= 15 is 0 Å². The molecule has 0 fully saturated rings. The average molecular weight is 412 g/mol. The van der Waals surface area contributed by atoms with E-state index in [4.69, 9.17) is 5.73 Å². The Bertz CT molecular complexity index is 1270. The van der Waals surface area contributed by atoms with Gasteiger partial charge in [0.25, 0.3) is 11.5 Å². The van der Waals surface area contributed by atoms with E-state index in [2.05, 4.69) is 25.6 Å². The van der Waals surface area contributed by atoms with Crippen LogP contribution in [0, 0.1) is 0 Å². The van der Waals surface area contributed by atoms with Gasteiger partial charge in [-0.25, -0.2) is 9.97 Å². The van der Waals surface area contributed by atoms with Crippen LogP contribution in [0.3, 0.4) is 0 Å². The number of hydrogen-bond acceptors (Lipinski definition) is 6. The van der Waals surface area contributed by atoms with E-state index in [0.717, 1.165) is 5.56 Å². The van der Waals surface area contributed by atoms with Crippen LogP contribution in [0.4, 0.5) is 17.3 Å². The number of benzene rings is 2. The molecule has 0 aliphatic rings. The molecule has 0 spiro atoms. The summed E-state index contributed by atoms with van der Waals surface area (Å²) in [6, 6.07) is 19.4. The van der Waals surface area contributed by atoms with Crippen LogP contribution in [0.25, 0.3) is 11.3 Å². The van der Waals surface area contributed by atoms with Crippen LogP contribution in [0.15, 0.2) is 83.9 Å². The highest BCUT2D eigenvalue weighted by atomic mass is 16.1. The zero-order valence-corrected chi connectivity index (χ0v) is 16.5. The lowest BCUT2D eigenvalue weighted by Crippen LogP contribution is -2.13. The minimum absolute atomic E-state index is 0.210. The minimum atomic E-state index is -0.235. The SMILES string of the molecule is Nc1ccccc1NC(=O)c1ccc(CNc2nccc(-c3ccc[nH]c3=O)n2)cc1. The highest BCUT2D eigenvalue weighted by Gasteiger charge is 2.09. The van der Waals surface area contributed by atoms with E-state index in [1.165, 1.54) is 0 Å². The minimum Gasteiger partial charge on any atom is -0.397 e. The smallest absolute Gasteiger partial charge is 0.257 e. The Balaban J connectivity index is 1.40. The van der Waals surface area contributed by atoms with Gasteiger partial charge in [-0.05, 0) is 48.0 Å². The Morgan fingerprint density at radius 3 is 2.58 bits per heavy atom. The molecule has 4 aromatic rings. The maximum absolute atomic E-state index is 12.4. The summed E-state index contributed by atoms with van der Waals surface area (Å²) in [7, 11) is 0. The van der Waals surface area contributed by atoms with Gasteiger partial charge in [0, 0.05) is 24.5 Å². The molecular weight excluding hydrogens is 392 g/mol. The summed E-state index contributed by atoms with van der Waals surface area (Å²) in [6.07, 6.45) is 3.17. The van der Waals surface area contributed by atoms with Gasteiger partial charge in [-0.3, -0.25) is 9.59 Å². The Kier molecular flexibility index (Phi) is 5.70. The number of aromatic amines is 1. The number of amides is 1. The van der Waals surface area contributed by atoms with E-state index in [1.807, 2.05) is 24.3 Å². The number of carbonyl (C=O) groups is 1. The Hall–Kier alpha value is -4.46. The molecule has 8 nitrogen and oxygen atoms in total. The quantitative estimate of drug-likeness (QED) is 0.360. The van der Waals surface area contributed by atoms with Gasteiger partial charge in [0.2, 0.25) is 5.95 Å². The molecule has 0 saturated heterocycles. The molecule has 5 N–H and O–H groups in total. The van der Waals surface area contributed by atoms with Crippen LogP contribution in [0.1, 0.15) is 15.9 Å². The molecule has 2 heterocycles. The second-order valence-corrected chi connectivity index (χ2v) is 6.77. The highest BCUT2D eigenvalue weighted by Crippen LogP contribution is 2.18. The van der Waals surface area contributed by atoms with E-state index in [1.54, 1.807) is 54.9 Å². The van der Waals surface area contributed by atoms with Gasteiger partial charge in [0.1, 0.15) is 0 Å². The summed E-state index contributed by atoms with van der Waals surface area (Å²) < 4.78 is 0. The number of nitrogen functional groups attached to an aromatic ring is 1. The molecule has 31 heavy (non-hydrogen) atoms. The lowest BCUT2D eigenvalue weighted by atomic mass is 10.1. The predicted octanol–water partition coefficient (Wildman–Crippen LogP) is 3.28. The second-order valence-electron chi connectivity index (χ2n) is 6.77. The summed E-state index contributed by atoms with van der Waals surface area (Å²) >= 11 is 0. The number of H-pyrrole nitrogens is 1. The monoisotopic (exact) mass is 412 g/mol. The topological polar surface area (TPSA) is 126 Å². The fourth-order valence-corrected chi connectivity index (χ4v) is 2.98. The summed E-state index contributed by atoms with van der Waals surface area (Å²) in [5.74, 6) is 0.170. The zero-order valence-electron chi connectivity index (χ0n) is 16.5. The Labute approximate surface area is 178 Å². The van der Waals surface area contributed by atoms with Gasteiger partial charge in [-0.15, -0.1) is 0 Å². The number of pyridine rings is 1. The molecule has 4 rings (SSSR count). The molecular formula is C23H20N6O2. The van der Waals surface area contributed by atoms with Crippen LogP contribution < -0.4 is 21.9 Å². The number of nitrogens with one attached hydrogen (secondary N) is 3. The van der Waals surface area contributed by atoms with E-state index in [-0.39, 0.29) is 11.5 Å². The second kappa shape index (κ2) is 8.91. The summed E-state index contributed by atoms with van der Waals surface area (Å²) in [5, 5.41) is 5.94.